The lowest BCUT2D eigenvalue weighted by Crippen LogP contribution is -2.41. The van der Waals surface area contributed by atoms with Gasteiger partial charge in [0.2, 0.25) is 5.91 Å². The van der Waals surface area contributed by atoms with Gasteiger partial charge >= 0.3 is 0 Å². The van der Waals surface area contributed by atoms with Gasteiger partial charge in [-0.15, -0.1) is 0 Å². The highest BCUT2D eigenvalue weighted by Gasteiger charge is 2.29. The molecular formula is C23H37N5O2. The van der Waals surface area contributed by atoms with Crippen LogP contribution >= 0.6 is 0 Å². The number of likely N-dealkylation sites (tertiary alicyclic amines) is 1. The third kappa shape index (κ3) is 7.61. The molecule has 3 rings (SSSR count). The summed E-state index contributed by atoms with van der Waals surface area (Å²) in [6.45, 7) is 11.0. The van der Waals surface area contributed by atoms with Gasteiger partial charge in [-0.1, -0.05) is 30.3 Å². The van der Waals surface area contributed by atoms with Crippen molar-refractivity contribution in [2.45, 2.75) is 26.2 Å². The van der Waals surface area contributed by atoms with Gasteiger partial charge in [0.15, 0.2) is 5.96 Å². The third-order valence-corrected chi connectivity index (χ3v) is 5.71. The number of hydrogen-bond acceptors (Lipinski definition) is 4. The standard InChI is InChI=1S/C23H37N5O2/c1-2-24-23(25-10-6-11-27-13-15-30-16-14-27)26-18-21-17-22(29)28(19-21)12-9-20-7-4-3-5-8-20/h3-5,7-8,21H,2,6,9-19H2,1H3,(H2,24,25,26). The number of rotatable bonds is 10. The monoisotopic (exact) mass is 415 g/mol. The van der Waals surface area contributed by atoms with E-state index in [2.05, 4.69) is 46.7 Å². The van der Waals surface area contributed by atoms with Crippen molar-refractivity contribution < 1.29 is 9.53 Å². The van der Waals surface area contributed by atoms with Crippen molar-refractivity contribution in [3.05, 3.63) is 35.9 Å². The molecular weight excluding hydrogens is 378 g/mol. The van der Waals surface area contributed by atoms with Crippen molar-refractivity contribution in [3.63, 3.8) is 0 Å². The van der Waals surface area contributed by atoms with Crippen molar-refractivity contribution in [1.82, 2.24) is 20.4 Å². The van der Waals surface area contributed by atoms with E-state index >= 15 is 0 Å². The van der Waals surface area contributed by atoms with Crippen LogP contribution in [0.25, 0.3) is 0 Å². The minimum Gasteiger partial charge on any atom is -0.379 e. The van der Waals surface area contributed by atoms with E-state index in [9.17, 15) is 4.79 Å². The SMILES string of the molecule is CCNC(=NCC1CC(=O)N(CCc2ccccc2)C1)NCCCN1CCOCC1. The second kappa shape index (κ2) is 12.5. The normalized spacial score (nSPS) is 20.6. The lowest BCUT2D eigenvalue weighted by Gasteiger charge is -2.26. The van der Waals surface area contributed by atoms with E-state index in [1.807, 2.05) is 11.0 Å². The lowest BCUT2D eigenvalue weighted by atomic mass is 10.1. The van der Waals surface area contributed by atoms with Gasteiger partial charge in [-0.3, -0.25) is 14.7 Å². The second-order valence-corrected chi connectivity index (χ2v) is 8.10. The molecule has 0 aliphatic carbocycles. The first-order valence-electron chi connectivity index (χ1n) is 11.4. The van der Waals surface area contributed by atoms with Crippen LogP contribution in [0.2, 0.25) is 0 Å². The van der Waals surface area contributed by atoms with Gasteiger partial charge in [0.05, 0.1) is 13.2 Å². The van der Waals surface area contributed by atoms with E-state index in [0.717, 1.165) is 77.8 Å². The Bertz CT molecular complexity index is 661. The average Bonchev–Trinajstić information content (AvgIpc) is 3.14. The van der Waals surface area contributed by atoms with Gasteiger partial charge in [0.1, 0.15) is 0 Å². The van der Waals surface area contributed by atoms with Crippen molar-refractivity contribution >= 4 is 11.9 Å². The van der Waals surface area contributed by atoms with Gasteiger partial charge in [-0.2, -0.15) is 0 Å². The number of morpholine rings is 1. The fourth-order valence-corrected chi connectivity index (χ4v) is 4.00. The van der Waals surface area contributed by atoms with Crippen LogP contribution in [-0.4, -0.2) is 87.2 Å². The molecule has 1 atom stereocenters. The smallest absolute Gasteiger partial charge is 0.223 e. The Morgan fingerprint density at radius 2 is 1.97 bits per heavy atom. The van der Waals surface area contributed by atoms with Crippen molar-refractivity contribution in [2.75, 3.05) is 65.6 Å². The van der Waals surface area contributed by atoms with Crippen LogP contribution in [0.4, 0.5) is 0 Å². The topological polar surface area (TPSA) is 69.2 Å². The van der Waals surface area contributed by atoms with Crippen LogP contribution in [0.3, 0.4) is 0 Å². The summed E-state index contributed by atoms with van der Waals surface area (Å²) in [6.07, 6.45) is 2.60. The first-order valence-corrected chi connectivity index (χ1v) is 11.4. The van der Waals surface area contributed by atoms with E-state index in [1.165, 1.54) is 5.56 Å². The molecule has 0 aromatic heterocycles. The Balaban J connectivity index is 1.37. The molecule has 1 aromatic carbocycles. The van der Waals surface area contributed by atoms with Crippen LogP contribution in [0.5, 0.6) is 0 Å². The van der Waals surface area contributed by atoms with Crippen LogP contribution < -0.4 is 10.6 Å². The van der Waals surface area contributed by atoms with E-state index < -0.39 is 0 Å². The number of benzene rings is 1. The molecule has 30 heavy (non-hydrogen) atoms. The molecule has 2 N–H and O–H groups in total. The van der Waals surface area contributed by atoms with Gasteiger partial charge in [-0.25, -0.2) is 0 Å². The van der Waals surface area contributed by atoms with Crippen LogP contribution in [0.1, 0.15) is 25.3 Å². The van der Waals surface area contributed by atoms with E-state index in [-0.39, 0.29) is 5.91 Å². The van der Waals surface area contributed by atoms with Crippen molar-refractivity contribution in [2.24, 2.45) is 10.9 Å². The van der Waals surface area contributed by atoms with Crippen LogP contribution in [-0.2, 0) is 16.0 Å². The zero-order valence-electron chi connectivity index (χ0n) is 18.3. The van der Waals surface area contributed by atoms with Gasteiger partial charge in [-0.05, 0) is 31.9 Å². The molecule has 1 unspecified atom stereocenters. The minimum atomic E-state index is 0.259. The highest BCUT2D eigenvalue weighted by Crippen LogP contribution is 2.18. The number of nitrogens with zero attached hydrogens (tertiary/aromatic N) is 3. The number of ether oxygens (including phenoxy) is 1. The van der Waals surface area contributed by atoms with E-state index in [1.54, 1.807) is 0 Å². The predicted octanol–water partition coefficient (Wildman–Crippen LogP) is 1.36. The van der Waals surface area contributed by atoms with Crippen LogP contribution in [0, 0.1) is 5.92 Å². The summed E-state index contributed by atoms with van der Waals surface area (Å²) in [4.78, 5) is 21.6. The van der Waals surface area contributed by atoms with Gasteiger partial charge in [0, 0.05) is 58.2 Å². The molecule has 7 nitrogen and oxygen atoms in total. The summed E-state index contributed by atoms with van der Waals surface area (Å²) >= 11 is 0. The Morgan fingerprint density at radius 3 is 2.73 bits per heavy atom. The summed E-state index contributed by atoms with van der Waals surface area (Å²) < 4.78 is 5.40. The molecule has 1 amide bonds. The molecule has 0 saturated carbocycles. The molecule has 0 spiro atoms. The summed E-state index contributed by atoms with van der Waals surface area (Å²) in [5, 5.41) is 6.76. The lowest BCUT2D eigenvalue weighted by molar-refractivity contribution is -0.127. The first-order chi connectivity index (χ1) is 14.7. The molecule has 2 heterocycles. The Hall–Kier alpha value is -2.12. The van der Waals surface area contributed by atoms with Crippen LogP contribution in [0.15, 0.2) is 35.3 Å². The maximum atomic E-state index is 12.4. The maximum absolute atomic E-state index is 12.4. The number of carbonyl (C=O) groups excluding carboxylic acids is 1. The fourth-order valence-electron chi connectivity index (χ4n) is 4.00. The molecule has 2 saturated heterocycles. The number of hydrogen-bond donors (Lipinski definition) is 2. The summed E-state index contributed by atoms with van der Waals surface area (Å²) in [5.74, 6) is 1.42. The zero-order chi connectivity index (χ0) is 21.0. The van der Waals surface area contributed by atoms with Gasteiger partial charge < -0.3 is 20.3 Å². The Labute approximate surface area is 180 Å². The minimum absolute atomic E-state index is 0.259. The first kappa shape index (κ1) is 22.6. The summed E-state index contributed by atoms with van der Waals surface area (Å²) in [7, 11) is 0. The maximum Gasteiger partial charge on any atom is 0.223 e. The molecule has 7 heteroatoms. The highest BCUT2D eigenvalue weighted by molar-refractivity contribution is 5.80. The molecule has 2 aliphatic heterocycles. The second-order valence-electron chi connectivity index (χ2n) is 8.10. The Morgan fingerprint density at radius 1 is 1.17 bits per heavy atom. The highest BCUT2D eigenvalue weighted by atomic mass is 16.5. The average molecular weight is 416 g/mol. The number of aliphatic imine (C=N–C) groups is 1. The fraction of sp³-hybridized carbons (Fsp3) is 0.652. The van der Waals surface area contributed by atoms with Gasteiger partial charge in [0.25, 0.3) is 0 Å². The Kier molecular flexibility index (Phi) is 9.44. The largest absolute Gasteiger partial charge is 0.379 e. The summed E-state index contributed by atoms with van der Waals surface area (Å²) in [6, 6.07) is 10.4. The van der Waals surface area contributed by atoms with E-state index in [4.69, 9.17) is 9.73 Å². The van der Waals surface area contributed by atoms with E-state index in [0.29, 0.717) is 18.9 Å². The molecule has 0 radical (unpaired) electrons. The van der Waals surface area contributed by atoms with Crippen molar-refractivity contribution in [1.29, 1.82) is 0 Å². The molecule has 2 fully saturated rings. The predicted molar refractivity (Wildman–Crippen MR) is 121 cm³/mol. The zero-order valence-corrected chi connectivity index (χ0v) is 18.3. The number of carbonyl (C=O) groups is 1. The molecule has 2 aliphatic rings. The molecule has 166 valence electrons. The van der Waals surface area contributed by atoms with Crippen molar-refractivity contribution in [3.8, 4) is 0 Å². The number of nitrogens with one attached hydrogen (secondary N) is 2. The quantitative estimate of drug-likeness (QED) is 0.343. The number of amides is 1. The number of guanidine groups is 1. The third-order valence-electron chi connectivity index (χ3n) is 5.71. The summed E-state index contributed by atoms with van der Waals surface area (Å²) in [5.41, 5.74) is 1.28. The molecule has 0 bridgehead atoms. The molecule has 1 aromatic rings.